The first-order valence-electron chi connectivity index (χ1n) is 8.38. The van der Waals surface area contributed by atoms with Crippen LogP contribution < -0.4 is 4.90 Å². The molecule has 4 nitrogen and oxygen atoms in total. The van der Waals surface area contributed by atoms with Crippen LogP contribution in [0.15, 0.2) is 48.5 Å². The fourth-order valence-corrected chi connectivity index (χ4v) is 5.13. The Bertz CT molecular complexity index is 852. The van der Waals surface area contributed by atoms with Gasteiger partial charge in [0.1, 0.15) is 5.82 Å². The van der Waals surface area contributed by atoms with Crippen LogP contribution in [0.5, 0.6) is 0 Å². The summed E-state index contributed by atoms with van der Waals surface area (Å²) in [5.74, 6) is -0.585. The summed E-state index contributed by atoms with van der Waals surface area (Å²) in [6.07, 6.45) is 1.64. The van der Waals surface area contributed by atoms with Crippen molar-refractivity contribution >= 4 is 15.7 Å². The molecule has 1 atom stereocenters. The van der Waals surface area contributed by atoms with Crippen molar-refractivity contribution in [3.8, 4) is 0 Å². The van der Waals surface area contributed by atoms with Gasteiger partial charge in [-0.25, -0.2) is 12.8 Å². The van der Waals surface area contributed by atoms with E-state index in [9.17, 15) is 12.8 Å². The van der Waals surface area contributed by atoms with Gasteiger partial charge < -0.3 is 4.90 Å². The van der Waals surface area contributed by atoms with Crippen LogP contribution in [0.3, 0.4) is 0 Å². The Labute approximate surface area is 148 Å². The molecular weight excluding hydrogens is 339 g/mol. The van der Waals surface area contributed by atoms with Gasteiger partial charge in [0.15, 0.2) is 0 Å². The number of rotatable bonds is 5. The molecule has 2 aromatic rings. The second kappa shape index (κ2) is 7.14. The van der Waals surface area contributed by atoms with Crippen LogP contribution in [0.2, 0.25) is 0 Å². The molecule has 3 rings (SSSR count). The molecule has 0 bridgehead atoms. The summed E-state index contributed by atoms with van der Waals surface area (Å²) < 4.78 is 40.8. The number of sulfonamides is 1. The van der Waals surface area contributed by atoms with Gasteiger partial charge in [0.2, 0.25) is 10.0 Å². The highest BCUT2D eigenvalue weighted by atomic mass is 32.2. The van der Waals surface area contributed by atoms with Crippen molar-refractivity contribution in [3.63, 3.8) is 0 Å². The molecule has 1 aliphatic rings. The molecule has 1 unspecified atom stereocenters. The number of benzene rings is 2. The predicted molar refractivity (Wildman–Crippen MR) is 98.5 cm³/mol. The standard InChI is InChI=1S/C19H23FN2O2S/c1-21(2)18-9-4-7-16(13-18)19-10-5-11-22(19)25(23,24)14-15-6-3-8-17(20)12-15/h3-4,6-9,12-13,19H,5,10-11,14H2,1-2H3. The van der Waals surface area contributed by atoms with Gasteiger partial charge >= 0.3 is 0 Å². The van der Waals surface area contributed by atoms with Crippen molar-refractivity contribution in [3.05, 3.63) is 65.5 Å². The third kappa shape index (κ3) is 4.02. The highest BCUT2D eigenvalue weighted by Gasteiger charge is 2.35. The monoisotopic (exact) mass is 362 g/mol. The van der Waals surface area contributed by atoms with E-state index in [1.54, 1.807) is 16.4 Å². The van der Waals surface area contributed by atoms with E-state index in [0.29, 0.717) is 12.1 Å². The van der Waals surface area contributed by atoms with Gasteiger partial charge in [0, 0.05) is 32.4 Å². The summed E-state index contributed by atoms with van der Waals surface area (Å²) in [5, 5.41) is 0. The maximum absolute atomic E-state index is 13.4. The van der Waals surface area contributed by atoms with Crippen LogP contribution in [-0.4, -0.2) is 33.4 Å². The Morgan fingerprint density at radius 2 is 1.92 bits per heavy atom. The molecule has 0 saturated carbocycles. The fraction of sp³-hybridized carbons (Fsp3) is 0.368. The maximum Gasteiger partial charge on any atom is 0.218 e. The number of hydrogen-bond acceptors (Lipinski definition) is 3. The molecule has 1 fully saturated rings. The van der Waals surface area contributed by atoms with E-state index < -0.39 is 15.8 Å². The zero-order valence-electron chi connectivity index (χ0n) is 14.5. The molecular formula is C19H23FN2O2S. The number of anilines is 1. The Morgan fingerprint density at radius 1 is 1.16 bits per heavy atom. The van der Waals surface area contributed by atoms with E-state index in [1.807, 2.05) is 43.3 Å². The number of hydrogen-bond donors (Lipinski definition) is 0. The lowest BCUT2D eigenvalue weighted by molar-refractivity contribution is 0.396. The quantitative estimate of drug-likeness (QED) is 0.817. The highest BCUT2D eigenvalue weighted by Crippen LogP contribution is 2.36. The molecule has 2 aromatic carbocycles. The van der Waals surface area contributed by atoms with E-state index in [-0.39, 0.29) is 11.8 Å². The topological polar surface area (TPSA) is 40.6 Å². The van der Waals surface area contributed by atoms with E-state index in [0.717, 1.165) is 24.1 Å². The smallest absolute Gasteiger partial charge is 0.218 e. The van der Waals surface area contributed by atoms with Gasteiger partial charge in [0.05, 0.1) is 5.75 Å². The minimum Gasteiger partial charge on any atom is -0.378 e. The Kier molecular flexibility index (Phi) is 5.11. The van der Waals surface area contributed by atoms with Crippen molar-refractivity contribution < 1.29 is 12.8 Å². The van der Waals surface area contributed by atoms with E-state index in [1.165, 1.54) is 12.1 Å². The summed E-state index contributed by atoms with van der Waals surface area (Å²) in [7, 11) is 0.422. The van der Waals surface area contributed by atoms with E-state index in [4.69, 9.17) is 0 Å². The van der Waals surface area contributed by atoms with Crippen molar-refractivity contribution in [1.29, 1.82) is 0 Å². The third-order valence-electron chi connectivity index (χ3n) is 4.57. The van der Waals surface area contributed by atoms with Crippen LogP contribution in [0.4, 0.5) is 10.1 Å². The molecule has 0 N–H and O–H groups in total. The summed E-state index contributed by atoms with van der Waals surface area (Å²) in [5.41, 5.74) is 2.53. The molecule has 0 radical (unpaired) electrons. The zero-order valence-corrected chi connectivity index (χ0v) is 15.3. The molecule has 25 heavy (non-hydrogen) atoms. The predicted octanol–water partition coefficient (Wildman–Crippen LogP) is 3.56. The lowest BCUT2D eigenvalue weighted by atomic mass is 10.0. The lowest BCUT2D eigenvalue weighted by Crippen LogP contribution is -2.31. The average Bonchev–Trinajstić information content (AvgIpc) is 3.05. The normalized spacial score (nSPS) is 18.4. The summed E-state index contributed by atoms with van der Waals surface area (Å²) in [6.45, 7) is 0.508. The molecule has 0 aliphatic carbocycles. The van der Waals surface area contributed by atoms with Crippen molar-refractivity contribution in [2.75, 3.05) is 25.5 Å². The van der Waals surface area contributed by atoms with Crippen molar-refractivity contribution in [2.24, 2.45) is 0 Å². The Morgan fingerprint density at radius 3 is 2.64 bits per heavy atom. The van der Waals surface area contributed by atoms with E-state index in [2.05, 4.69) is 0 Å². The number of halogens is 1. The zero-order chi connectivity index (χ0) is 18.0. The summed E-state index contributed by atoms with van der Waals surface area (Å²) in [4.78, 5) is 2.00. The van der Waals surface area contributed by atoms with Crippen LogP contribution >= 0.6 is 0 Å². The molecule has 0 amide bonds. The fourth-order valence-electron chi connectivity index (χ4n) is 3.34. The first-order valence-corrected chi connectivity index (χ1v) is 9.99. The third-order valence-corrected chi connectivity index (χ3v) is 6.42. The minimum absolute atomic E-state index is 0.154. The molecule has 134 valence electrons. The largest absolute Gasteiger partial charge is 0.378 e. The highest BCUT2D eigenvalue weighted by molar-refractivity contribution is 7.88. The van der Waals surface area contributed by atoms with E-state index >= 15 is 0 Å². The molecule has 1 aliphatic heterocycles. The Hall–Kier alpha value is -1.92. The molecule has 0 spiro atoms. The van der Waals surface area contributed by atoms with Crippen LogP contribution in [0, 0.1) is 5.82 Å². The molecule has 1 heterocycles. The minimum atomic E-state index is -3.51. The first-order chi connectivity index (χ1) is 11.9. The van der Waals surface area contributed by atoms with Crippen LogP contribution in [0.25, 0.3) is 0 Å². The second-order valence-electron chi connectivity index (χ2n) is 6.64. The molecule has 1 saturated heterocycles. The lowest BCUT2D eigenvalue weighted by Gasteiger charge is -2.25. The SMILES string of the molecule is CN(C)c1cccc(C2CCCN2S(=O)(=O)Cc2cccc(F)c2)c1. The van der Waals surface area contributed by atoms with Gasteiger partial charge in [-0.3, -0.25) is 0 Å². The Balaban J connectivity index is 1.86. The maximum atomic E-state index is 13.4. The van der Waals surface area contributed by atoms with Crippen molar-refractivity contribution in [1.82, 2.24) is 4.31 Å². The average molecular weight is 362 g/mol. The first kappa shape index (κ1) is 17.9. The molecule has 6 heteroatoms. The number of nitrogens with zero attached hydrogens (tertiary/aromatic N) is 2. The second-order valence-corrected chi connectivity index (χ2v) is 8.57. The summed E-state index contributed by atoms with van der Waals surface area (Å²) in [6, 6.07) is 13.6. The van der Waals surface area contributed by atoms with Gasteiger partial charge in [-0.2, -0.15) is 4.31 Å². The molecule has 0 aromatic heterocycles. The van der Waals surface area contributed by atoms with Gasteiger partial charge in [-0.15, -0.1) is 0 Å². The van der Waals surface area contributed by atoms with Crippen LogP contribution in [-0.2, 0) is 15.8 Å². The van der Waals surface area contributed by atoms with Gasteiger partial charge in [0.25, 0.3) is 0 Å². The van der Waals surface area contributed by atoms with Gasteiger partial charge in [-0.05, 0) is 48.2 Å². The van der Waals surface area contributed by atoms with Crippen LogP contribution in [0.1, 0.15) is 30.0 Å². The van der Waals surface area contributed by atoms with Gasteiger partial charge in [-0.1, -0.05) is 24.3 Å². The summed E-state index contributed by atoms with van der Waals surface area (Å²) >= 11 is 0. The van der Waals surface area contributed by atoms with Crippen molar-refractivity contribution in [2.45, 2.75) is 24.6 Å².